The Morgan fingerprint density at radius 1 is 0.857 bits per heavy atom. The van der Waals surface area contributed by atoms with Crippen LogP contribution in [0.15, 0.2) is 77.0 Å². The van der Waals surface area contributed by atoms with Gasteiger partial charge in [0.1, 0.15) is 0 Å². The summed E-state index contributed by atoms with van der Waals surface area (Å²) < 4.78 is 5.89. The van der Waals surface area contributed by atoms with Crippen LogP contribution in [0.3, 0.4) is 0 Å². The van der Waals surface area contributed by atoms with Crippen LogP contribution in [0.4, 0.5) is 5.69 Å². The Bertz CT molecular complexity index is 1470. The zero-order chi connectivity index (χ0) is 24.7. The monoisotopic (exact) mass is 480 g/mol. The van der Waals surface area contributed by atoms with Crippen molar-refractivity contribution < 1.29 is 4.52 Å². The van der Waals surface area contributed by atoms with Crippen LogP contribution in [0.1, 0.15) is 46.7 Å². The zero-order valence-electron chi connectivity index (χ0n) is 20.6. The molecule has 4 aromatic rings. The topological polar surface area (TPSA) is 54.2 Å². The summed E-state index contributed by atoms with van der Waals surface area (Å²) in [5, 5.41) is 8.52. The molecule has 1 aliphatic rings. The maximum atomic E-state index is 5.89. The van der Waals surface area contributed by atoms with Gasteiger partial charge in [0.05, 0.1) is 11.6 Å². The Hall–Kier alpha value is -3.77. The van der Waals surface area contributed by atoms with Gasteiger partial charge in [-0.05, 0) is 87.3 Å². The highest BCUT2D eigenvalue weighted by atomic mass is 32.1. The van der Waals surface area contributed by atoms with Gasteiger partial charge in [-0.25, -0.2) is 0 Å². The second-order valence-corrected chi connectivity index (χ2v) is 9.58. The molecule has 1 aromatic heterocycles. The average molecular weight is 481 g/mol. The second-order valence-electron chi connectivity index (χ2n) is 9.19. The van der Waals surface area contributed by atoms with Crippen LogP contribution >= 0.6 is 12.2 Å². The van der Waals surface area contributed by atoms with Gasteiger partial charge in [0.2, 0.25) is 5.82 Å². The van der Waals surface area contributed by atoms with Gasteiger partial charge in [0.15, 0.2) is 5.11 Å². The first kappa shape index (κ1) is 23.0. The number of hydrogen-bond acceptors (Lipinski definition) is 4. The van der Waals surface area contributed by atoms with Gasteiger partial charge in [-0.15, -0.1) is 0 Å². The molecule has 0 saturated heterocycles. The van der Waals surface area contributed by atoms with E-state index in [-0.39, 0.29) is 6.04 Å². The maximum absolute atomic E-state index is 5.89. The van der Waals surface area contributed by atoms with Gasteiger partial charge in [0.25, 0.3) is 5.89 Å². The van der Waals surface area contributed by atoms with E-state index in [1.165, 1.54) is 11.1 Å². The number of nitrogens with one attached hydrogen (secondary N) is 1. The quantitative estimate of drug-likeness (QED) is 0.323. The second kappa shape index (κ2) is 9.12. The lowest BCUT2D eigenvalue weighted by Gasteiger charge is -2.37. The Morgan fingerprint density at radius 2 is 1.60 bits per heavy atom. The van der Waals surface area contributed by atoms with Crippen molar-refractivity contribution in [2.24, 2.45) is 0 Å². The predicted octanol–water partition coefficient (Wildman–Crippen LogP) is 6.84. The Kier molecular flexibility index (Phi) is 5.99. The Balaban J connectivity index is 1.68. The molecule has 1 atom stereocenters. The highest BCUT2D eigenvalue weighted by Crippen LogP contribution is 2.39. The number of nitrogens with zero attached hydrogens (tertiary/aromatic N) is 3. The van der Waals surface area contributed by atoms with Crippen molar-refractivity contribution in [3.8, 4) is 11.4 Å². The molecule has 35 heavy (non-hydrogen) atoms. The molecular formula is C29H28N4OS. The summed E-state index contributed by atoms with van der Waals surface area (Å²) in [7, 11) is 0. The van der Waals surface area contributed by atoms with Crippen LogP contribution in [0.2, 0.25) is 0 Å². The summed E-state index contributed by atoms with van der Waals surface area (Å²) in [6.45, 7) is 10.4. The highest BCUT2D eigenvalue weighted by molar-refractivity contribution is 7.80. The summed E-state index contributed by atoms with van der Waals surface area (Å²) in [4.78, 5) is 6.88. The lowest BCUT2D eigenvalue weighted by atomic mass is 9.92. The zero-order valence-corrected chi connectivity index (χ0v) is 21.4. The number of benzene rings is 3. The fourth-order valence-corrected chi connectivity index (χ4v) is 4.89. The minimum absolute atomic E-state index is 0.214. The molecule has 0 aliphatic carbocycles. The molecule has 3 aromatic carbocycles. The van der Waals surface area contributed by atoms with E-state index >= 15 is 0 Å². The van der Waals surface area contributed by atoms with Crippen molar-refractivity contribution in [3.05, 3.63) is 106 Å². The van der Waals surface area contributed by atoms with Crippen LogP contribution in [-0.4, -0.2) is 15.3 Å². The lowest BCUT2D eigenvalue weighted by Crippen LogP contribution is -2.46. The largest absolute Gasteiger partial charge is 0.351 e. The molecule has 1 aliphatic heterocycles. The SMILES string of the molecule is CC1=C(c2nc(-c3cccc(C)c3)no2)C(c2ccc(C)c(C)c2)NC(=S)N1c1cccc(C)c1. The Labute approximate surface area is 211 Å². The first-order chi connectivity index (χ1) is 16.8. The number of aromatic nitrogens is 2. The smallest absolute Gasteiger partial charge is 0.258 e. The normalized spacial score (nSPS) is 16.0. The third kappa shape index (κ3) is 4.37. The van der Waals surface area contributed by atoms with Crippen molar-refractivity contribution in [1.82, 2.24) is 15.5 Å². The summed E-state index contributed by atoms with van der Waals surface area (Å²) >= 11 is 5.88. The fraction of sp³-hybridized carbons (Fsp3) is 0.207. The molecule has 2 heterocycles. The number of aryl methyl sites for hydroxylation is 4. The van der Waals surface area contributed by atoms with E-state index in [2.05, 4.69) is 93.6 Å². The van der Waals surface area contributed by atoms with E-state index in [0.29, 0.717) is 16.8 Å². The van der Waals surface area contributed by atoms with E-state index in [1.807, 2.05) is 23.1 Å². The molecule has 0 spiro atoms. The van der Waals surface area contributed by atoms with Gasteiger partial charge in [-0.2, -0.15) is 4.98 Å². The molecule has 176 valence electrons. The molecule has 0 saturated carbocycles. The average Bonchev–Trinajstić information content (AvgIpc) is 3.30. The molecule has 0 bridgehead atoms. The lowest BCUT2D eigenvalue weighted by molar-refractivity contribution is 0.404. The van der Waals surface area contributed by atoms with Gasteiger partial charge in [0, 0.05) is 16.9 Å². The maximum Gasteiger partial charge on any atom is 0.258 e. The third-order valence-corrected chi connectivity index (χ3v) is 6.84. The van der Waals surface area contributed by atoms with E-state index in [1.54, 1.807) is 0 Å². The van der Waals surface area contributed by atoms with E-state index in [0.717, 1.165) is 39.2 Å². The Morgan fingerprint density at radius 3 is 2.31 bits per heavy atom. The van der Waals surface area contributed by atoms with Gasteiger partial charge < -0.3 is 9.84 Å². The molecule has 6 heteroatoms. The summed E-state index contributed by atoms with van der Waals surface area (Å²) in [5.74, 6) is 1.05. The molecule has 1 N–H and O–H groups in total. The van der Waals surface area contributed by atoms with E-state index < -0.39 is 0 Å². The van der Waals surface area contributed by atoms with Gasteiger partial charge in [-0.3, -0.25) is 4.90 Å². The number of allylic oxidation sites excluding steroid dienone is 1. The van der Waals surface area contributed by atoms with Crippen LogP contribution in [0.5, 0.6) is 0 Å². The summed E-state index contributed by atoms with van der Waals surface area (Å²) in [6, 6.07) is 22.7. The van der Waals surface area contributed by atoms with Crippen molar-refractivity contribution in [1.29, 1.82) is 0 Å². The standard InChI is InChI=1S/C29H28N4OS/c1-17-8-6-10-23(14-17)27-31-28(34-32-27)25-21(5)33(24-11-7-9-18(2)15-24)29(35)30-26(25)22-13-12-19(3)20(4)16-22/h6-16,26H,1-5H3,(H,30,35). The first-order valence-electron chi connectivity index (χ1n) is 11.7. The first-order valence-corrected chi connectivity index (χ1v) is 12.1. The minimum atomic E-state index is -0.214. The molecule has 5 rings (SSSR count). The number of hydrogen-bond donors (Lipinski definition) is 1. The number of rotatable bonds is 4. The van der Waals surface area contributed by atoms with Crippen molar-refractivity contribution in [3.63, 3.8) is 0 Å². The van der Waals surface area contributed by atoms with Gasteiger partial charge >= 0.3 is 0 Å². The van der Waals surface area contributed by atoms with Crippen LogP contribution in [0, 0.1) is 27.7 Å². The summed E-state index contributed by atoms with van der Waals surface area (Å²) in [6.07, 6.45) is 0. The molecule has 5 nitrogen and oxygen atoms in total. The van der Waals surface area contributed by atoms with Crippen molar-refractivity contribution in [2.75, 3.05) is 4.90 Å². The van der Waals surface area contributed by atoms with E-state index in [9.17, 15) is 0 Å². The van der Waals surface area contributed by atoms with E-state index in [4.69, 9.17) is 21.7 Å². The minimum Gasteiger partial charge on any atom is -0.351 e. The molecular weight excluding hydrogens is 452 g/mol. The van der Waals surface area contributed by atoms with Crippen LogP contribution < -0.4 is 10.2 Å². The highest BCUT2D eigenvalue weighted by Gasteiger charge is 2.35. The third-order valence-electron chi connectivity index (χ3n) is 6.54. The summed E-state index contributed by atoms with van der Waals surface area (Å²) in [5.41, 5.74) is 9.67. The molecule has 0 amide bonds. The van der Waals surface area contributed by atoms with Crippen LogP contribution in [0.25, 0.3) is 17.0 Å². The van der Waals surface area contributed by atoms with Crippen molar-refractivity contribution in [2.45, 2.75) is 40.7 Å². The van der Waals surface area contributed by atoms with Crippen molar-refractivity contribution >= 4 is 28.6 Å². The molecule has 0 radical (unpaired) electrons. The fourth-order valence-electron chi connectivity index (χ4n) is 4.53. The van der Waals surface area contributed by atoms with Crippen LogP contribution in [-0.2, 0) is 0 Å². The number of thiocarbonyl (C=S) groups is 1. The predicted molar refractivity (Wildman–Crippen MR) is 145 cm³/mol. The molecule has 0 fully saturated rings. The van der Waals surface area contributed by atoms with Gasteiger partial charge in [-0.1, -0.05) is 59.3 Å². The molecule has 1 unspecified atom stereocenters. The number of anilines is 1.